The van der Waals surface area contributed by atoms with E-state index in [1.807, 2.05) is 29.0 Å². The van der Waals surface area contributed by atoms with Crippen LogP contribution in [0.2, 0.25) is 0 Å². The van der Waals surface area contributed by atoms with Crippen molar-refractivity contribution in [2.24, 2.45) is 0 Å². The van der Waals surface area contributed by atoms with Gasteiger partial charge in [-0.2, -0.15) is 0 Å². The van der Waals surface area contributed by atoms with Gasteiger partial charge in [0, 0.05) is 44.1 Å². The summed E-state index contributed by atoms with van der Waals surface area (Å²) in [6.45, 7) is 5.13. The van der Waals surface area contributed by atoms with Crippen molar-refractivity contribution in [3.63, 3.8) is 0 Å². The zero-order valence-corrected chi connectivity index (χ0v) is 16.6. The van der Waals surface area contributed by atoms with Crippen LogP contribution < -0.4 is 5.56 Å². The Balaban J connectivity index is 1.52. The average molecular weight is 384 g/mol. The highest BCUT2D eigenvalue weighted by molar-refractivity contribution is 5.38. The molecule has 1 aliphatic heterocycles. The van der Waals surface area contributed by atoms with Crippen LogP contribution in [0.15, 0.2) is 71.8 Å². The number of benzene rings is 2. The Morgan fingerprint density at radius 2 is 1.83 bits per heavy atom. The van der Waals surface area contributed by atoms with Gasteiger partial charge in [0.2, 0.25) is 5.78 Å². The number of fused-ring (bicyclic) bond motifs is 3. The van der Waals surface area contributed by atoms with E-state index >= 15 is 0 Å². The quantitative estimate of drug-likeness (QED) is 0.542. The SMILES string of the molecule is Cc1cccc(CN2CCc3c(c(=O)n(Cc4ccccc4)c4nccn34)C2)c1. The lowest BCUT2D eigenvalue weighted by Crippen LogP contribution is -2.38. The van der Waals surface area contributed by atoms with Gasteiger partial charge in [-0.05, 0) is 18.1 Å². The highest BCUT2D eigenvalue weighted by Gasteiger charge is 2.24. The van der Waals surface area contributed by atoms with E-state index in [4.69, 9.17) is 0 Å². The number of hydrogen-bond donors (Lipinski definition) is 0. The molecule has 0 saturated carbocycles. The molecule has 0 aliphatic carbocycles. The molecule has 1 aliphatic rings. The molecule has 0 N–H and O–H groups in total. The van der Waals surface area contributed by atoms with Gasteiger partial charge < -0.3 is 0 Å². The van der Waals surface area contributed by atoms with Gasteiger partial charge in [-0.25, -0.2) is 4.98 Å². The van der Waals surface area contributed by atoms with E-state index in [9.17, 15) is 4.79 Å². The smallest absolute Gasteiger partial charge is 0.259 e. The second kappa shape index (κ2) is 7.33. The first kappa shape index (κ1) is 17.9. The third-order valence-electron chi connectivity index (χ3n) is 5.72. The van der Waals surface area contributed by atoms with Crippen molar-refractivity contribution >= 4 is 5.78 Å². The molecule has 5 nitrogen and oxygen atoms in total. The van der Waals surface area contributed by atoms with Crippen LogP contribution in [0.25, 0.3) is 5.78 Å². The molecule has 0 spiro atoms. The Kier molecular flexibility index (Phi) is 4.52. The fraction of sp³-hybridized carbons (Fsp3) is 0.250. The summed E-state index contributed by atoms with van der Waals surface area (Å²) in [6, 6.07) is 18.7. The first-order chi connectivity index (χ1) is 14.2. The zero-order valence-electron chi connectivity index (χ0n) is 16.6. The molecule has 5 heteroatoms. The van der Waals surface area contributed by atoms with Gasteiger partial charge in [-0.3, -0.25) is 18.7 Å². The molecule has 0 atom stereocenters. The minimum Gasteiger partial charge on any atom is -0.294 e. The molecule has 146 valence electrons. The molecule has 0 unspecified atom stereocenters. The lowest BCUT2D eigenvalue weighted by atomic mass is 10.0. The highest BCUT2D eigenvalue weighted by Crippen LogP contribution is 2.20. The summed E-state index contributed by atoms with van der Waals surface area (Å²) in [5.41, 5.74) is 5.74. The highest BCUT2D eigenvalue weighted by atomic mass is 16.1. The van der Waals surface area contributed by atoms with Gasteiger partial charge in [0.05, 0.1) is 12.1 Å². The first-order valence-electron chi connectivity index (χ1n) is 10.1. The van der Waals surface area contributed by atoms with Crippen LogP contribution in [-0.4, -0.2) is 25.4 Å². The molecule has 29 heavy (non-hydrogen) atoms. The van der Waals surface area contributed by atoms with E-state index in [1.54, 1.807) is 6.20 Å². The third-order valence-corrected chi connectivity index (χ3v) is 5.72. The second-order valence-corrected chi connectivity index (χ2v) is 7.85. The number of aromatic nitrogens is 3. The standard InChI is InChI=1S/C24H24N4O/c1-18-6-5-9-20(14-18)15-26-12-10-22-21(17-26)23(29)28(24-25-11-13-27(22)24)16-19-7-3-2-4-8-19/h2-9,11,13-14H,10,12,15-17H2,1H3. The van der Waals surface area contributed by atoms with Gasteiger partial charge in [-0.15, -0.1) is 0 Å². The average Bonchev–Trinajstić information content (AvgIpc) is 3.22. The maximum Gasteiger partial charge on any atom is 0.259 e. The van der Waals surface area contributed by atoms with Gasteiger partial charge in [-0.1, -0.05) is 60.2 Å². The summed E-state index contributed by atoms with van der Waals surface area (Å²) in [5.74, 6) is 0.727. The largest absolute Gasteiger partial charge is 0.294 e. The minimum absolute atomic E-state index is 0.0801. The fourth-order valence-electron chi connectivity index (χ4n) is 4.34. The van der Waals surface area contributed by atoms with Gasteiger partial charge in [0.15, 0.2) is 0 Å². The Bertz CT molecular complexity index is 1220. The van der Waals surface area contributed by atoms with Gasteiger partial charge >= 0.3 is 0 Å². The molecule has 5 rings (SSSR count). The van der Waals surface area contributed by atoms with Crippen molar-refractivity contribution in [2.75, 3.05) is 6.54 Å². The zero-order chi connectivity index (χ0) is 19.8. The molecule has 0 fully saturated rings. The molecule has 0 radical (unpaired) electrons. The maximum absolute atomic E-state index is 13.5. The van der Waals surface area contributed by atoms with Crippen LogP contribution in [-0.2, 0) is 26.1 Å². The molecule has 4 aromatic rings. The van der Waals surface area contributed by atoms with Crippen molar-refractivity contribution in [3.8, 4) is 0 Å². The number of nitrogens with zero attached hydrogens (tertiary/aromatic N) is 4. The molecule has 2 aromatic heterocycles. The molecule has 0 saturated heterocycles. The Morgan fingerprint density at radius 1 is 1.00 bits per heavy atom. The Hall–Kier alpha value is -3.18. The normalized spacial score (nSPS) is 14.2. The molecule has 3 heterocycles. The molecular formula is C24H24N4O. The first-order valence-corrected chi connectivity index (χ1v) is 10.1. The van der Waals surface area contributed by atoms with Crippen molar-refractivity contribution in [1.29, 1.82) is 0 Å². The number of hydrogen-bond acceptors (Lipinski definition) is 3. The van der Waals surface area contributed by atoms with E-state index in [1.165, 1.54) is 11.1 Å². The Morgan fingerprint density at radius 3 is 2.66 bits per heavy atom. The van der Waals surface area contributed by atoms with E-state index in [2.05, 4.69) is 57.6 Å². The van der Waals surface area contributed by atoms with Gasteiger partial charge in [0.1, 0.15) is 0 Å². The van der Waals surface area contributed by atoms with Crippen molar-refractivity contribution in [2.45, 2.75) is 33.0 Å². The molecule has 0 bridgehead atoms. The van der Waals surface area contributed by atoms with Crippen LogP contribution in [0, 0.1) is 6.92 Å². The molecule has 2 aromatic carbocycles. The second-order valence-electron chi connectivity index (χ2n) is 7.85. The van der Waals surface area contributed by atoms with Crippen molar-refractivity contribution < 1.29 is 0 Å². The van der Waals surface area contributed by atoms with Crippen LogP contribution in [0.5, 0.6) is 0 Å². The lowest BCUT2D eigenvalue weighted by molar-refractivity contribution is 0.240. The fourth-order valence-corrected chi connectivity index (χ4v) is 4.34. The van der Waals surface area contributed by atoms with Crippen LogP contribution >= 0.6 is 0 Å². The molecular weight excluding hydrogens is 360 g/mol. The summed E-state index contributed by atoms with van der Waals surface area (Å²) < 4.78 is 3.91. The number of aryl methyl sites for hydroxylation is 1. The predicted octanol–water partition coefficient (Wildman–Crippen LogP) is 3.41. The minimum atomic E-state index is 0.0801. The summed E-state index contributed by atoms with van der Waals surface area (Å²) >= 11 is 0. The van der Waals surface area contributed by atoms with Crippen LogP contribution in [0.4, 0.5) is 0 Å². The maximum atomic E-state index is 13.5. The Labute approximate surface area is 169 Å². The van der Waals surface area contributed by atoms with E-state index in [0.717, 1.165) is 42.1 Å². The summed E-state index contributed by atoms with van der Waals surface area (Å²) in [6.07, 6.45) is 4.62. The summed E-state index contributed by atoms with van der Waals surface area (Å²) in [5, 5.41) is 0. The topological polar surface area (TPSA) is 42.5 Å². The molecule has 0 amide bonds. The number of imidazole rings is 1. The predicted molar refractivity (Wildman–Crippen MR) is 114 cm³/mol. The summed E-state index contributed by atoms with van der Waals surface area (Å²) in [7, 11) is 0. The van der Waals surface area contributed by atoms with Crippen LogP contribution in [0.1, 0.15) is 27.9 Å². The monoisotopic (exact) mass is 384 g/mol. The lowest BCUT2D eigenvalue weighted by Gasteiger charge is -2.29. The third kappa shape index (κ3) is 3.38. The van der Waals surface area contributed by atoms with Gasteiger partial charge in [0.25, 0.3) is 5.56 Å². The number of rotatable bonds is 4. The van der Waals surface area contributed by atoms with E-state index in [0.29, 0.717) is 13.1 Å². The van der Waals surface area contributed by atoms with E-state index < -0.39 is 0 Å². The van der Waals surface area contributed by atoms with Crippen molar-refractivity contribution in [1.82, 2.24) is 18.9 Å². The van der Waals surface area contributed by atoms with Crippen molar-refractivity contribution in [3.05, 3.63) is 105 Å². The van der Waals surface area contributed by atoms with E-state index in [-0.39, 0.29) is 5.56 Å². The summed E-state index contributed by atoms with van der Waals surface area (Å²) in [4.78, 5) is 20.3. The van der Waals surface area contributed by atoms with Crippen LogP contribution in [0.3, 0.4) is 0 Å².